The van der Waals surface area contributed by atoms with Crippen molar-refractivity contribution in [3.05, 3.63) is 94.8 Å². The Morgan fingerprint density at radius 2 is 1.76 bits per heavy atom. The van der Waals surface area contributed by atoms with Crippen LogP contribution in [0.4, 0.5) is 5.69 Å². The SMILES string of the molecule is O=C(CSc1nnc(-c2ccc([N+](=O)[O-])cc2)n1-c1ccccc1)NCCc1ccccn1. The number of nitrogens with zero attached hydrogens (tertiary/aromatic N) is 5. The van der Waals surface area contributed by atoms with E-state index in [1.54, 1.807) is 18.3 Å². The van der Waals surface area contributed by atoms with Crippen molar-refractivity contribution in [1.82, 2.24) is 25.1 Å². The summed E-state index contributed by atoms with van der Waals surface area (Å²) in [5.41, 5.74) is 2.43. The lowest BCUT2D eigenvalue weighted by atomic mass is 10.2. The minimum Gasteiger partial charge on any atom is -0.355 e. The van der Waals surface area contributed by atoms with Crippen LogP contribution in [0.3, 0.4) is 0 Å². The van der Waals surface area contributed by atoms with Crippen LogP contribution in [0.1, 0.15) is 5.69 Å². The third-order valence-corrected chi connectivity index (χ3v) is 5.67. The molecule has 0 saturated carbocycles. The molecule has 0 bridgehead atoms. The highest BCUT2D eigenvalue weighted by Gasteiger charge is 2.18. The summed E-state index contributed by atoms with van der Waals surface area (Å²) >= 11 is 1.27. The van der Waals surface area contributed by atoms with Crippen LogP contribution in [-0.4, -0.2) is 42.9 Å². The number of nitrogens with one attached hydrogen (secondary N) is 1. The molecule has 0 fully saturated rings. The molecule has 0 aliphatic heterocycles. The molecule has 166 valence electrons. The van der Waals surface area contributed by atoms with Crippen LogP contribution in [0.2, 0.25) is 0 Å². The molecule has 0 atom stereocenters. The molecule has 4 rings (SSSR count). The molecule has 4 aromatic rings. The minimum absolute atomic E-state index is 0.00139. The van der Waals surface area contributed by atoms with E-state index in [0.29, 0.717) is 29.5 Å². The molecule has 0 aliphatic carbocycles. The van der Waals surface area contributed by atoms with E-state index in [1.807, 2.05) is 53.1 Å². The Hall–Kier alpha value is -4.05. The molecule has 10 heteroatoms. The van der Waals surface area contributed by atoms with Gasteiger partial charge in [-0.15, -0.1) is 10.2 Å². The summed E-state index contributed by atoms with van der Waals surface area (Å²) in [6.07, 6.45) is 2.38. The van der Waals surface area contributed by atoms with Gasteiger partial charge in [0.15, 0.2) is 11.0 Å². The Kier molecular flexibility index (Phi) is 7.06. The van der Waals surface area contributed by atoms with Crippen molar-refractivity contribution in [3.63, 3.8) is 0 Å². The number of para-hydroxylation sites is 1. The number of nitro benzene ring substituents is 1. The van der Waals surface area contributed by atoms with E-state index in [-0.39, 0.29) is 17.3 Å². The van der Waals surface area contributed by atoms with Gasteiger partial charge in [-0.3, -0.25) is 24.5 Å². The van der Waals surface area contributed by atoms with Gasteiger partial charge in [-0.2, -0.15) is 0 Å². The standard InChI is InChI=1S/C23H20N6O3S/c30-21(25-15-13-18-6-4-5-14-24-18)16-33-23-27-26-22(28(23)19-7-2-1-3-8-19)17-9-11-20(12-10-17)29(31)32/h1-12,14H,13,15-16H2,(H,25,30). The molecule has 2 heterocycles. The van der Waals surface area contributed by atoms with Gasteiger partial charge in [0.25, 0.3) is 5.69 Å². The third-order valence-electron chi connectivity index (χ3n) is 4.75. The van der Waals surface area contributed by atoms with E-state index >= 15 is 0 Å². The molecule has 0 spiro atoms. The lowest BCUT2D eigenvalue weighted by molar-refractivity contribution is -0.384. The van der Waals surface area contributed by atoms with Crippen molar-refractivity contribution < 1.29 is 9.72 Å². The van der Waals surface area contributed by atoms with Gasteiger partial charge < -0.3 is 5.32 Å². The molecule has 2 aromatic heterocycles. The molecule has 0 saturated heterocycles. The number of amides is 1. The number of benzene rings is 2. The Morgan fingerprint density at radius 3 is 2.45 bits per heavy atom. The van der Waals surface area contributed by atoms with Crippen LogP contribution >= 0.6 is 11.8 Å². The highest BCUT2D eigenvalue weighted by Crippen LogP contribution is 2.28. The zero-order valence-electron chi connectivity index (χ0n) is 17.5. The summed E-state index contributed by atoms with van der Waals surface area (Å²) in [5.74, 6) is 0.595. The summed E-state index contributed by atoms with van der Waals surface area (Å²) in [5, 5.41) is 23.0. The number of carbonyl (C=O) groups excluding carboxylic acids is 1. The molecule has 0 unspecified atom stereocenters. The fourth-order valence-electron chi connectivity index (χ4n) is 3.15. The van der Waals surface area contributed by atoms with E-state index in [4.69, 9.17) is 0 Å². The van der Waals surface area contributed by atoms with Crippen LogP contribution in [0, 0.1) is 10.1 Å². The highest BCUT2D eigenvalue weighted by atomic mass is 32.2. The van der Waals surface area contributed by atoms with E-state index < -0.39 is 4.92 Å². The first-order valence-corrected chi connectivity index (χ1v) is 11.2. The molecule has 0 radical (unpaired) electrons. The Bertz CT molecular complexity index is 1230. The topological polar surface area (TPSA) is 116 Å². The van der Waals surface area contributed by atoms with Crippen LogP contribution in [0.5, 0.6) is 0 Å². The number of pyridine rings is 1. The van der Waals surface area contributed by atoms with Crippen LogP contribution in [-0.2, 0) is 11.2 Å². The maximum absolute atomic E-state index is 12.4. The lowest BCUT2D eigenvalue weighted by Gasteiger charge is -2.10. The fourth-order valence-corrected chi connectivity index (χ4v) is 3.93. The zero-order chi connectivity index (χ0) is 23.0. The summed E-state index contributed by atoms with van der Waals surface area (Å²) < 4.78 is 1.84. The van der Waals surface area contributed by atoms with Crippen molar-refractivity contribution in [3.8, 4) is 17.1 Å². The van der Waals surface area contributed by atoms with Crippen molar-refractivity contribution in [2.24, 2.45) is 0 Å². The smallest absolute Gasteiger partial charge is 0.269 e. The van der Waals surface area contributed by atoms with Gasteiger partial charge in [0.1, 0.15) is 0 Å². The Balaban J connectivity index is 1.48. The van der Waals surface area contributed by atoms with Gasteiger partial charge in [-0.25, -0.2) is 0 Å². The number of carbonyl (C=O) groups is 1. The quantitative estimate of drug-likeness (QED) is 0.230. The number of hydrogen-bond acceptors (Lipinski definition) is 7. The molecule has 1 N–H and O–H groups in total. The average molecular weight is 461 g/mol. The second kappa shape index (κ2) is 10.5. The van der Waals surface area contributed by atoms with E-state index in [9.17, 15) is 14.9 Å². The zero-order valence-corrected chi connectivity index (χ0v) is 18.3. The minimum atomic E-state index is -0.445. The van der Waals surface area contributed by atoms with Crippen molar-refractivity contribution in [1.29, 1.82) is 0 Å². The molecule has 2 aromatic carbocycles. The fraction of sp³-hybridized carbons (Fsp3) is 0.130. The average Bonchev–Trinajstić information content (AvgIpc) is 3.28. The second-order valence-corrected chi connectivity index (χ2v) is 7.93. The van der Waals surface area contributed by atoms with Gasteiger partial charge >= 0.3 is 0 Å². The van der Waals surface area contributed by atoms with Crippen LogP contribution in [0.15, 0.2) is 84.1 Å². The number of non-ortho nitro benzene ring substituents is 1. The first kappa shape index (κ1) is 22.2. The predicted molar refractivity (Wildman–Crippen MR) is 125 cm³/mol. The van der Waals surface area contributed by atoms with E-state index in [2.05, 4.69) is 20.5 Å². The summed E-state index contributed by atoms with van der Waals surface area (Å²) in [6.45, 7) is 0.496. The van der Waals surface area contributed by atoms with Crippen molar-refractivity contribution in [2.75, 3.05) is 12.3 Å². The number of nitro groups is 1. The van der Waals surface area contributed by atoms with Gasteiger partial charge in [0.05, 0.1) is 10.7 Å². The van der Waals surface area contributed by atoms with E-state index in [0.717, 1.165) is 11.4 Å². The number of hydrogen-bond donors (Lipinski definition) is 1. The normalized spacial score (nSPS) is 10.7. The van der Waals surface area contributed by atoms with Gasteiger partial charge in [0, 0.05) is 48.2 Å². The number of rotatable bonds is 9. The highest BCUT2D eigenvalue weighted by molar-refractivity contribution is 7.99. The molecular weight excluding hydrogens is 440 g/mol. The van der Waals surface area contributed by atoms with Gasteiger partial charge in [-0.05, 0) is 36.4 Å². The first-order valence-electron chi connectivity index (χ1n) is 10.2. The molecule has 1 amide bonds. The largest absolute Gasteiger partial charge is 0.355 e. The summed E-state index contributed by atoms with van der Waals surface area (Å²) in [6, 6.07) is 21.4. The molecule has 9 nitrogen and oxygen atoms in total. The predicted octanol–water partition coefficient (Wildman–Crippen LogP) is 3.69. The Morgan fingerprint density at radius 1 is 1.00 bits per heavy atom. The van der Waals surface area contributed by atoms with Crippen LogP contribution in [0.25, 0.3) is 17.1 Å². The van der Waals surface area contributed by atoms with Gasteiger partial charge in [-0.1, -0.05) is 36.0 Å². The second-order valence-electron chi connectivity index (χ2n) is 6.99. The molecule has 33 heavy (non-hydrogen) atoms. The summed E-state index contributed by atoms with van der Waals surface area (Å²) in [4.78, 5) is 27.1. The molecular formula is C23H20N6O3S. The maximum Gasteiger partial charge on any atom is 0.269 e. The van der Waals surface area contributed by atoms with Crippen molar-refractivity contribution in [2.45, 2.75) is 11.6 Å². The first-order chi connectivity index (χ1) is 16.1. The Labute approximate surface area is 194 Å². The summed E-state index contributed by atoms with van der Waals surface area (Å²) in [7, 11) is 0. The van der Waals surface area contributed by atoms with Crippen molar-refractivity contribution >= 4 is 23.4 Å². The third kappa shape index (κ3) is 5.60. The maximum atomic E-state index is 12.4. The monoisotopic (exact) mass is 460 g/mol. The molecule has 0 aliphatic rings. The van der Waals surface area contributed by atoms with E-state index in [1.165, 1.54) is 23.9 Å². The number of thioether (sulfide) groups is 1. The van der Waals surface area contributed by atoms with Gasteiger partial charge in [0.2, 0.25) is 5.91 Å². The lowest BCUT2D eigenvalue weighted by Crippen LogP contribution is -2.27. The number of aromatic nitrogens is 4. The van der Waals surface area contributed by atoms with Crippen LogP contribution < -0.4 is 5.32 Å².